The molecule has 7 heteroatoms. The van der Waals surface area contributed by atoms with Crippen molar-refractivity contribution >= 4 is 35.0 Å². The molecule has 0 radical (unpaired) electrons. The molecule has 1 saturated heterocycles. The molecule has 2 aliphatic heterocycles. The maximum Gasteiger partial charge on any atom is 0.263 e. The van der Waals surface area contributed by atoms with Gasteiger partial charge in [-0.3, -0.25) is 19.3 Å². The van der Waals surface area contributed by atoms with Gasteiger partial charge in [0, 0.05) is 30.6 Å². The summed E-state index contributed by atoms with van der Waals surface area (Å²) in [7, 11) is 0. The molecule has 6 nitrogen and oxygen atoms in total. The van der Waals surface area contributed by atoms with Gasteiger partial charge in [-0.05, 0) is 36.6 Å². The third-order valence-corrected chi connectivity index (χ3v) is 6.26. The Balaban J connectivity index is 1.52. The van der Waals surface area contributed by atoms with Crippen molar-refractivity contribution in [3.05, 3.63) is 76.8 Å². The van der Waals surface area contributed by atoms with Crippen molar-refractivity contribution in [1.82, 2.24) is 10.2 Å². The van der Waals surface area contributed by atoms with Crippen LogP contribution in [-0.4, -0.2) is 42.3 Å². The van der Waals surface area contributed by atoms with Crippen LogP contribution < -0.4 is 10.2 Å². The first-order valence-electron chi connectivity index (χ1n) is 10.4. The van der Waals surface area contributed by atoms with E-state index in [0.717, 1.165) is 11.3 Å². The van der Waals surface area contributed by atoms with Crippen LogP contribution in [0.4, 0.5) is 5.69 Å². The lowest BCUT2D eigenvalue weighted by molar-refractivity contribution is -0.125. The van der Waals surface area contributed by atoms with Crippen LogP contribution in [0, 0.1) is 5.92 Å². The van der Waals surface area contributed by atoms with Gasteiger partial charge in [-0.25, -0.2) is 0 Å². The van der Waals surface area contributed by atoms with Gasteiger partial charge in [-0.2, -0.15) is 0 Å². The van der Waals surface area contributed by atoms with E-state index in [1.165, 1.54) is 4.90 Å². The standard InChI is InChI=1S/C24H24ClN3O3/c1-2-12-26-22(29)16-10-13-27(14-11-16)20-9-5-7-18-21(20)24(31)28(23(18)30)15-17-6-3-4-8-19(17)25/h2-9,16H,1,10-15H2,(H,26,29). The molecule has 2 aliphatic rings. The number of carbonyl (C=O) groups excluding carboxylic acids is 3. The molecule has 0 spiro atoms. The van der Waals surface area contributed by atoms with Crippen molar-refractivity contribution in [2.75, 3.05) is 24.5 Å². The van der Waals surface area contributed by atoms with Gasteiger partial charge in [-0.15, -0.1) is 6.58 Å². The molecule has 0 bridgehead atoms. The highest BCUT2D eigenvalue weighted by Crippen LogP contribution is 2.35. The molecule has 1 N–H and O–H groups in total. The number of rotatable bonds is 6. The molecule has 0 unspecified atom stereocenters. The van der Waals surface area contributed by atoms with Gasteiger partial charge in [0.1, 0.15) is 0 Å². The van der Waals surface area contributed by atoms with Crippen LogP contribution in [0.1, 0.15) is 39.1 Å². The Labute approximate surface area is 186 Å². The minimum absolute atomic E-state index is 0.0370. The fraction of sp³-hybridized carbons (Fsp3) is 0.292. The number of amides is 3. The average Bonchev–Trinajstić information content (AvgIpc) is 3.04. The van der Waals surface area contributed by atoms with Crippen LogP contribution in [0.25, 0.3) is 0 Å². The summed E-state index contributed by atoms with van der Waals surface area (Å²) < 4.78 is 0. The minimum Gasteiger partial charge on any atom is -0.371 e. The Morgan fingerprint density at radius 2 is 1.84 bits per heavy atom. The SMILES string of the molecule is C=CCNC(=O)C1CCN(c2cccc3c2C(=O)N(Cc2ccccc2Cl)C3=O)CC1. The molecular formula is C24H24ClN3O3. The molecule has 160 valence electrons. The Hall–Kier alpha value is -3.12. The Bertz CT molecular complexity index is 1040. The third-order valence-electron chi connectivity index (χ3n) is 5.89. The largest absolute Gasteiger partial charge is 0.371 e. The number of anilines is 1. The molecular weight excluding hydrogens is 414 g/mol. The molecule has 1 fully saturated rings. The highest BCUT2D eigenvalue weighted by atomic mass is 35.5. The lowest BCUT2D eigenvalue weighted by Crippen LogP contribution is -2.41. The Kier molecular flexibility index (Phi) is 6.09. The average molecular weight is 438 g/mol. The number of nitrogens with zero attached hydrogens (tertiary/aromatic N) is 2. The number of fused-ring (bicyclic) bond motifs is 1. The Morgan fingerprint density at radius 1 is 1.10 bits per heavy atom. The van der Waals surface area contributed by atoms with Crippen molar-refractivity contribution in [2.45, 2.75) is 19.4 Å². The first-order chi connectivity index (χ1) is 15.0. The summed E-state index contributed by atoms with van der Waals surface area (Å²) >= 11 is 6.24. The van der Waals surface area contributed by atoms with Gasteiger partial charge in [0.05, 0.1) is 23.4 Å². The van der Waals surface area contributed by atoms with Gasteiger partial charge >= 0.3 is 0 Å². The number of nitrogens with one attached hydrogen (secondary N) is 1. The monoisotopic (exact) mass is 437 g/mol. The first-order valence-corrected chi connectivity index (χ1v) is 10.7. The lowest BCUT2D eigenvalue weighted by Gasteiger charge is -2.33. The number of hydrogen-bond acceptors (Lipinski definition) is 4. The smallest absolute Gasteiger partial charge is 0.263 e. The quantitative estimate of drug-likeness (QED) is 0.553. The normalized spacial score (nSPS) is 16.4. The van der Waals surface area contributed by atoms with Crippen LogP contribution in [0.15, 0.2) is 55.1 Å². The van der Waals surface area contributed by atoms with E-state index in [-0.39, 0.29) is 30.2 Å². The van der Waals surface area contributed by atoms with Crippen molar-refractivity contribution in [2.24, 2.45) is 5.92 Å². The highest BCUT2D eigenvalue weighted by Gasteiger charge is 2.39. The zero-order chi connectivity index (χ0) is 22.0. The van der Waals surface area contributed by atoms with Crippen LogP contribution in [0.3, 0.4) is 0 Å². The van der Waals surface area contributed by atoms with Crippen LogP contribution in [0.5, 0.6) is 0 Å². The van der Waals surface area contributed by atoms with E-state index >= 15 is 0 Å². The first kappa shape index (κ1) is 21.1. The predicted octanol–water partition coefficient (Wildman–Crippen LogP) is 3.65. The maximum absolute atomic E-state index is 13.2. The fourth-order valence-electron chi connectivity index (χ4n) is 4.22. The number of halogens is 1. The summed E-state index contributed by atoms with van der Waals surface area (Å²) in [6.07, 6.45) is 3.05. The second-order valence-corrected chi connectivity index (χ2v) is 8.19. The second-order valence-electron chi connectivity index (χ2n) is 7.78. The summed E-state index contributed by atoms with van der Waals surface area (Å²) in [5.74, 6) is -0.626. The van der Waals surface area contributed by atoms with Gasteiger partial charge in [0.2, 0.25) is 5.91 Å². The molecule has 31 heavy (non-hydrogen) atoms. The van der Waals surface area contributed by atoms with E-state index in [9.17, 15) is 14.4 Å². The van der Waals surface area contributed by atoms with E-state index in [4.69, 9.17) is 11.6 Å². The maximum atomic E-state index is 13.2. The summed E-state index contributed by atoms with van der Waals surface area (Å²) in [5, 5.41) is 3.38. The number of carbonyl (C=O) groups is 3. The van der Waals surface area contributed by atoms with Gasteiger partial charge in [0.15, 0.2) is 0 Å². The molecule has 0 aliphatic carbocycles. The van der Waals surface area contributed by atoms with Crippen molar-refractivity contribution in [3.8, 4) is 0 Å². The Morgan fingerprint density at radius 3 is 2.55 bits per heavy atom. The number of imide groups is 1. The van der Waals surface area contributed by atoms with E-state index in [1.807, 2.05) is 24.3 Å². The van der Waals surface area contributed by atoms with Crippen LogP contribution in [0.2, 0.25) is 5.02 Å². The van der Waals surface area contributed by atoms with Gasteiger partial charge in [0.25, 0.3) is 11.8 Å². The fourth-order valence-corrected chi connectivity index (χ4v) is 4.41. The molecule has 0 atom stereocenters. The molecule has 2 heterocycles. The summed E-state index contributed by atoms with van der Waals surface area (Å²) in [6, 6.07) is 12.6. The number of piperidine rings is 1. The van der Waals surface area contributed by atoms with E-state index in [2.05, 4.69) is 16.8 Å². The zero-order valence-corrected chi connectivity index (χ0v) is 17.9. The molecule has 4 rings (SSSR count). The molecule has 2 aromatic carbocycles. The molecule has 0 saturated carbocycles. The molecule has 2 aromatic rings. The second kappa shape index (κ2) is 8.94. The highest BCUT2D eigenvalue weighted by molar-refractivity contribution is 6.31. The van der Waals surface area contributed by atoms with Gasteiger partial charge < -0.3 is 10.2 Å². The van der Waals surface area contributed by atoms with Crippen molar-refractivity contribution in [1.29, 1.82) is 0 Å². The summed E-state index contributed by atoms with van der Waals surface area (Å²) in [6.45, 7) is 5.51. The summed E-state index contributed by atoms with van der Waals surface area (Å²) in [4.78, 5) is 41.8. The third kappa shape index (κ3) is 4.08. The topological polar surface area (TPSA) is 69.7 Å². The van der Waals surface area contributed by atoms with Crippen molar-refractivity contribution in [3.63, 3.8) is 0 Å². The van der Waals surface area contributed by atoms with E-state index < -0.39 is 0 Å². The lowest BCUT2D eigenvalue weighted by atomic mass is 9.94. The summed E-state index contributed by atoms with van der Waals surface area (Å²) in [5.41, 5.74) is 2.34. The van der Waals surface area contributed by atoms with Crippen LogP contribution in [-0.2, 0) is 11.3 Å². The van der Waals surface area contributed by atoms with E-state index in [1.54, 1.807) is 24.3 Å². The van der Waals surface area contributed by atoms with Gasteiger partial charge in [-0.1, -0.05) is 41.9 Å². The zero-order valence-electron chi connectivity index (χ0n) is 17.1. The minimum atomic E-state index is -0.305. The van der Waals surface area contributed by atoms with Crippen LogP contribution >= 0.6 is 11.6 Å². The van der Waals surface area contributed by atoms with E-state index in [0.29, 0.717) is 48.6 Å². The number of hydrogen-bond donors (Lipinski definition) is 1. The molecule has 0 aromatic heterocycles. The van der Waals surface area contributed by atoms with Crippen molar-refractivity contribution < 1.29 is 14.4 Å². The number of benzene rings is 2. The predicted molar refractivity (Wildman–Crippen MR) is 120 cm³/mol. The molecule has 3 amide bonds.